The number of amides is 1. The van der Waals surface area contributed by atoms with Crippen molar-refractivity contribution in [3.63, 3.8) is 0 Å². The molecule has 23 heavy (non-hydrogen) atoms. The molecule has 5 nitrogen and oxygen atoms in total. The van der Waals surface area contributed by atoms with E-state index in [0.29, 0.717) is 35.8 Å². The maximum atomic E-state index is 12.5. The molecule has 0 bridgehead atoms. The summed E-state index contributed by atoms with van der Waals surface area (Å²) in [5, 5.41) is 11.0. The number of likely N-dealkylation sites (tertiary alicyclic amines) is 1. The molecule has 1 saturated heterocycles. The number of nitrogens with zero attached hydrogens (tertiary/aromatic N) is 2. The molecule has 122 valence electrons. The molecule has 7 heteroatoms. The van der Waals surface area contributed by atoms with Gasteiger partial charge in [0.1, 0.15) is 5.52 Å². The van der Waals surface area contributed by atoms with Gasteiger partial charge >= 0.3 is 0 Å². The van der Waals surface area contributed by atoms with Gasteiger partial charge in [-0.05, 0) is 54.1 Å². The van der Waals surface area contributed by atoms with Gasteiger partial charge < -0.3 is 14.7 Å². The zero-order chi connectivity index (χ0) is 16.6. The van der Waals surface area contributed by atoms with E-state index in [1.165, 1.54) is 0 Å². The standard InChI is InChI=1S/C16H16ClIN2O3/c1-9(16(22)20-6-4-10(21)8-20)23-15-13(18)7-12(17)11-3-2-5-19-14(11)15/h2-3,5,7,9-10,21H,4,6,8H2,1H3/t9?,10-/m1/s1. The van der Waals surface area contributed by atoms with Crippen LogP contribution in [0.4, 0.5) is 0 Å². The minimum absolute atomic E-state index is 0.128. The van der Waals surface area contributed by atoms with Crippen LogP contribution in [0.5, 0.6) is 5.75 Å². The molecule has 1 N–H and O–H groups in total. The minimum atomic E-state index is -0.653. The molecule has 0 aliphatic carbocycles. The number of carbonyl (C=O) groups excluding carboxylic acids is 1. The van der Waals surface area contributed by atoms with E-state index in [-0.39, 0.29) is 5.91 Å². The lowest BCUT2D eigenvalue weighted by molar-refractivity contribution is -0.137. The highest BCUT2D eigenvalue weighted by Gasteiger charge is 2.29. The van der Waals surface area contributed by atoms with Crippen molar-refractivity contribution in [3.8, 4) is 5.75 Å². The van der Waals surface area contributed by atoms with E-state index in [1.807, 2.05) is 12.1 Å². The number of rotatable bonds is 3. The molecule has 2 atom stereocenters. The second kappa shape index (κ2) is 6.78. The number of hydrogen-bond donors (Lipinski definition) is 1. The lowest BCUT2D eigenvalue weighted by atomic mass is 10.2. The molecule has 2 aromatic rings. The predicted molar refractivity (Wildman–Crippen MR) is 96.8 cm³/mol. The van der Waals surface area contributed by atoms with Gasteiger partial charge in [0.2, 0.25) is 0 Å². The maximum Gasteiger partial charge on any atom is 0.263 e. The summed E-state index contributed by atoms with van der Waals surface area (Å²) in [5.74, 6) is 0.433. The molecule has 3 rings (SSSR count). The van der Waals surface area contributed by atoms with Gasteiger partial charge in [0.05, 0.1) is 14.7 Å². The molecule has 0 spiro atoms. The van der Waals surface area contributed by atoms with Gasteiger partial charge in [-0.1, -0.05) is 11.6 Å². The quantitative estimate of drug-likeness (QED) is 0.737. The van der Waals surface area contributed by atoms with Crippen LogP contribution in [0.15, 0.2) is 24.4 Å². The van der Waals surface area contributed by atoms with Crippen LogP contribution in [0.1, 0.15) is 13.3 Å². The number of β-amino-alcohol motifs (C(OH)–C–C–N with tert-alkyl or cyclic N) is 1. The van der Waals surface area contributed by atoms with E-state index < -0.39 is 12.2 Å². The zero-order valence-corrected chi connectivity index (χ0v) is 15.4. The highest BCUT2D eigenvalue weighted by molar-refractivity contribution is 14.1. The summed E-state index contributed by atoms with van der Waals surface area (Å²) in [7, 11) is 0. The highest BCUT2D eigenvalue weighted by atomic mass is 127. The van der Waals surface area contributed by atoms with Crippen LogP contribution in [0.3, 0.4) is 0 Å². The molecule has 2 heterocycles. The van der Waals surface area contributed by atoms with Crippen LogP contribution in [-0.2, 0) is 4.79 Å². The Hall–Kier alpha value is -1.12. The monoisotopic (exact) mass is 446 g/mol. The Morgan fingerprint density at radius 1 is 1.61 bits per heavy atom. The largest absolute Gasteiger partial charge is 0.477 e. The summed E-state index contributed by atoms with van der Waals surface area (Å²) in [6.07, 6.45) is 1.19. The minimum Gasteiger partial charge on any atom is -0.477 e. The average Bonchev–Trinajstić information content (AvgIpc) is 2.97. The first-order chi connectivity index (χ1) is 11.0. The van der Waals surface area contributed by atoms with Crippen molar-refractivity contribution in [2.75, 3.05) is 13.1 Å². The predicted octanol–water partition coefficient (Wildman–Crippen LogP) is 2.85. The number of carbonyl (C=O) groups is 1. The smallest absolute Gasteiger partial charge is 0.263 e. The lowest BCUT2D eigenvalue weighted by Crippen LogP contribution is -2.39. The van der Waals surface area contributed by atoms with Crippen molar-refractivity contribution in [2.24, 2.45) is 0 Å². The molecule has 0 saturated carbocycles. The van der Waals surface area contributed by atoms with Gasteiger partial charge in [-0.25, -0.2) is 0 Å². The zero-order valence-electron chi connectivity index (χ0n) is 12.5. The summed E-state index contributed by atoms with van der Waals surface area (Å²) in [4.78, 5) is 18.4. The first-order valence-electron chi connectivity index (χ1n) is 7.33. The third-order valence-electron chi connectivity index (χ3n) is 3.87. The summed E-state index contributed by atoms with van der Waals surface area (Å²) in [6, 6.07) is 5.49. The number of halogens is 2. The molecule has 0 radical (unpaired) electrons. The fraction of sp³-hybridized carbons (Fsp3) is 0.375. The first kappa shape index (κ1) is 16.7. The Bertz CT molecular complexity index is 755. The van der Waals surface area contributed by atoms with E-state index in [1.54, 1.807) is 24.1 Å². The number of aliphatic hydroxyl groups is 1. The molecular weight excluding hydrogens is 431 g/mol. The normalized spacial score (nSPS) is 19.1. The van der Waals surface area contributed by atoms with Crippen molar-refractivity contribution in [1.82, 2.24) is 9.88 Å². The number of ether oxygens (including phenoxy) is 1. The Morgan fingerprint density at radius 3 is 3.09 bits per heavy atom. The van der Waals surface area contributed by atoms with Crippen LogP contribution >= 0.6 is 34.2 Å². The molecule has 1 amide bonds. The second-order valence-corrected chi connectivity index (χ2v) is 7.13. The van der Waals surface area contributed by atoms with Gasteiger partial charge in [0.15, 0.2) is 11.9 Å². The molecule has 1 aliphatic rings. The van der Waals surface area contributed by atoms with Crippen LogP contribution in [0.25, 0.3) is 10.9 Å². The van der Waals surface area contributed by atoms with Crippen molar-refractivity contribution < 1.29 is 14.6 Å². The summed E-state index contributed by atoms with van der Waals surface area (Å²) in [6.45, 7) is 2.64. The van der Waals surface area contributed by atoms with Gasteiger partial charge in [-0.15, -0.1) is 0 Å². The summed E-state index contributed by atoms with van der Waals surface area (Å²) >= 11 is 8.38. The number of benzene rings is 1. The number of aromatic nitrogens is 1. The SMILES string of the molecule is CC(Oc1c(I)cc(Cl)c2cccnc12)C(=O)N1CC[C@@H](O)C1. The number of pyridine rings is 1. The van der Waals surface area contributed by atoms with Gasteiger partial charge in [-0.2, -0.15) is 0 Å². The number of hydrogen-bond acceptors (Lipinski definition) is 4. The molecular formula is C16H16ClIN2O3. The summed E-state index contributed by atoms with van der Waals surface area (Å²) in [5.41, 5.74) is 0.644. The second-order valence-electron chi connectivity index (χ2n) is 5.56. The Kier molecular flexibility index (Phi) is 4.93. The van der Waals surface area contributed by atoms with Crippen molar-refractivity contribution in [2.45, 2.75) is 25.6 Å². The third kappa shape index (κ3) is 3.39. The van der Waals surface area contributed by atoms with E-state index in [9.17, 15) is 9.90 Å². The van der Waals surface area contributed by atoms with Crippen LogP contribution in [-0.4, -0.2) is 46.2 Å². The van der Waals surface area contributed by atoms with Crippen molar-refractivity contribution >= 4 is 51.0 Å². The van der Waals surface area contributed by atoms with E-state index >= 15 is 0 Å². The summed E-state index contributed by atoms with van der Waals surface area (Å²) < 4.78 is 6.73. The molecule has 1 unspecified atom stereocenters. The van der Waals surface area contributed by atoms with Crippen LogP contribution < -0.4 is 4.74 Å². The topological polar surface area (TPSA) is 62.7 Å². The van der Waals surface area contributed by atoms with E-state index in [2.05, 4.69) is 27.6 Å². The molecule has 1 aromatic heterocycles. The van der Waals surface area contributed by atoms with Gasteiger partial charge in [-0.3, -0.25) is 9.78 Å². The Labute approximate surface area is 152 Å². The fourth-order valence-corrected chi connectivity index (χ4v) is 3.82. The van der Waals surface area contributed by atoms with E-state index in [4.69, 9.17) is 16.3 Å². The fourth-order valence-electron chi connectivity index (χ4n) is 2.69. The first-order valence-corrected chi connectivity index (χ1v) is 8.79. The molecule has 1 aromatic carbocycles. The third-order valence-corrected chi connectivity index (χ3v) is 4.98. The number of aliphatic hydroxyl groups excluding tert-OH is 1. The van der Waals surface area contributed by atoms with Crippen LogP contribution in [0, 0.1) is 3.57 Å². The van der Waals surface area contributed by atoms with E-state index in [0.717, 1.165) is 8.96 Å². The maximum absolute atomic E-state index is 12.5. The Morgan fingerprint density at radius 2 is 2.39 bits per heavy atom. The Balaban J connectivity index is 1.88. The highest BCUT2D eigenvalue weighted by Crippen LogP contribution is 2.35. The van der Waals surface area contributed by atoms with Crippen molar-refractivity contribution in [1.29, 1.82) is 0 Å². The van der Waals surface area contributed by atoms with Crippen molar-refractivity contribution in [3.05, 3.63) is 33.0 Å². The van der Waals surface area contributed by atoms with Crippen LogP contribution in [0.2, 0.25) is 5.02 Å². The lowest BCUT2D eigenvalue weighted by Gasteiger charge is -2.22. The number of fused-ring (bicyclic) bond motifs is 1. The molecule has 1 fully saturated rings. The van der Waals surface area contributed by atoms with Gasteiger partial charge in [0, 0.05) is 24.7 Å². The average molecular weight is 447 g/mol. The van der Waals surface area contributed by atoms with Gasteiger partial charge in [0.25, 0.3) is 5.91 Å². The molecule has 1 aliphatic heterocycles.